The van der Waals surface area contributed by atoms with E-state index >= 15 is 0 Å². The fraction of sp³-hybridized carbons (Fsp3) is 0.600. The van der Waals surface area contributed by atoms with Gasteiger partial charge in [0.15, 0.2) is 5.82 Å². The molecule has 2 aromatic rings. The highest BCUT2D eigenvalue weighted by atomic mass is 19.4. The summed E-state index contributed by atoms with van der Waals surface area (Å²) in [4.78, 5) is 22.3. The largest absolute Gasteiger partial charge is 0.433 e. The maximum absolute atomic E-state index is 12.9. The van der Waals surface area contributed by atoms with Crippen molar-refractivity contribution in [3.05, 3.63) is 23.7 Å². The summed E-state index contributed by atoms with van der Waals surface area (Å²) >= 11 is 0. The molecule has 0 bridgehead atoms. The number of hydrogen-bond acceptors (Lipinski definition) is 6. The average molecular weight is 439 g/mol. The molecule has 2 aromatic heterocycles. The molecule has 0 atom stereocenters. The van der Waals surface area contributed by atoms with Crippen molar-refractivity contribution in [1.29, 1.82) is 0 Å². The van der Waals surface area contributed by atoms with Gasteiger partial charge in [0.1, 0.15) is 11.4 Å². The van der Waals surface area contributed by atoms with Crippen LogP contribution in [0.2, 0.25) is 0 Å². The summed E-state index contributed by atoms with van der Waals surface area (Å²) in [6, 6.07) is 1.09. The summed E-state index contributed by atoms with van der Waals surface area (Å²) in [7, 11) is 1.79. The SMILES string of the molecule is CCC.Cc1nc(NC2CC(Cn3nccc3C(F)(F)F)C2)nc2c1NC(=O)CN2C. The Kier molecular flexibility index (Phi) is 6.71. The highest BCUT2D eigenvalue weighted by Crippen LogP contribution is 2.35. The molecule has 0 aromatic carbocycles. The molecule has 1 saturated carbocycles. The lowest BCUT2D eigenvalue weighted by Gasteiger charge is -2.36. The molecule has 0 unspecified atom stereocenters. The van der Waals surface area contributed by atoms with Gasteiger partial charge in [-0.15, -0.1) is 0 Å². The predicted octanol–water partition coefficient (Wildman–Crippen LogP) is 3.70. The number of amides is 1. The normalized spacial score (nSPS) is 20.2. The number of anilines is 3. The number of carbonyl (C=O) groups excluding carboxylic acids is 1. The second kappa shape index (κ2) is 9.11. The van der Waals surface area contributed by atoms with Gasteiger partial charge in [0.25, 0.3) is 0 Å². The zero-order chi connectivity index (χ0) is 22.8. The Balaban J connectivity index is 0.000000858. The Morgan fingerprint density at radius 2 is 1.94 bits per heavy atom. The summed E-state index contributed by atoms with van der Waals surface area (Å²) in [5.74, 6) is 1.11. The van der Waals surface area contributed by atoms with Crippen LogP contribution in [0.1, 0.15) is 44.5 Å². The number of halogens is 3. The van der Waals surface area contributed by atoms with Crippen molar-refractivity contribution in [1.82, 2.24) is 19.7 Å². The molecule has 1 amide bonds. The van der Waals surface area contributed by atoms with E-state index in [1.165, 1.54) is 12.6 Å². The number of fused-ring (bicyclic) bond motifs is 1. The first kappa shape index (κ1) is 22.8. The maximum Gasteiger partial charge on any atom is 0.433 e. The van der Waals surface area contributed by atoms with Crippen LogP contribution in [-0.2, 0) is 17.5 Å². The number of aryl methyl sites for hydroxylation is 1. The minimum atomic E-state index is -4.39. The molecule has 1 fully saturated rings. The number of hydrogen-bond donors (Lipinski definition) is 2. The van der Waals surface area contributed by atoms with Gasteiger partial charge in [-0.05, 0) is 31.7 Å². The smallest absolute Gasteiger partial charge is 0.351 e. The van der Waals surface area contributed by atoms with Crippen molar-refractivity contribution in [2.24, 2.45) is 5.92 Å². The standard InChI is InChI=1S/C17H20F3N7O.C3H8/c1-9-14-15(26(2)8-13(28)24-14)25-16(22-9)23-11-5-10(6-11)7-27-12(3-4-21-27)17(18,19)20;1-3-2/h3-4,10-11H,5-8H2,1-2H3,(H,24,28)(H,22,23,25);3H2,1-2H3. The van der Waals surface area contributed by atoms with Crippen molar-refractivity contribution < 1.29 is 18.0 Å². The highest BCUT2D eigenvalue weighted by molar-refractivity contribution is 6.00. The molecule has 1 aliphatic carbocycles. The second-order valence-corrected chi connectivity index (χ2v) is 8.02. The van der Waals surface area contributed by atoms with Crippen LogP contribution in [0.3, 0.4) is 0 Å². The quantitative estimate of drug-likeness (QED) is 0.756. The molecule has 8 nitrogen and oxygen atoms in total. The fourth-order valence-corrected chi connectivity index (χ4v) is 3.66. The third-order valence-electron chi connectivity index (χ3n) is 5.08. The van der Waals surface area contributed by atoms with E-state index in [0.29, 0.717) is 36.0 Å². The van der Waals surface area contributed by atoms with Crippen LogP contribution < -0.4 is 15.5 Å². The molecular weight excluding hydrogens is 411 g/mol. The van der Waals surface area contributed by atoms with Gasteiger partial charge < -0.3 is 15.5 Å². The van der Waals surface area contributed by atoms with Gasteiger partial charge in [-0.1, -0.05) is 20.3 Å². The van der Waals surface area contributed by atoms with Crippen molar-refractivity contribution in [3.63, 3.8) is 0 Å². The van der Waals surface area contributed by atoms with Gasteiger partial charge in [0.2, 0.25) is 11.9 Å². The lowest BCUT2D eigenvalue weighted by Crippen LogP contribution is -2.40. The zero-order valence-corrected chi connectivity index (χ0v) is 18.1. The number of carbonyl (C=O) groups is 1. The molecule has 1 aliphatic heterocycles. The molecule has 11 heteroatoms. The molecule has 2 N–H and O–H groups in total. The van der Waals surface area contributed by atoms with Crippen LogP contribution in [0.15, 0.2) is 12.3 Å². The minimum Gasteiger partial charge on any atom is -0.351 e. The number of rotatable bonds is 4. The van der Waals surface area contributed by atoms with Gasteiger partial charge >= 0.3 is 6.18 Å². The summed E-state index contributed by atoms with van der Waals surface area (Å²) in [6.45, 7) is 6.50. The van der Waals surface area contributed by atoms with Crippen molar-refractivity contribution >= 4 is 23.4 Å². The number of likely N-dealkylation sites (N-methyl/N-ethyl adjacent to an activating group) is 1. The molecule has 31 heavy (non-hydrogen) atoms. The van der Waals surface area contributed by atoms with Gasteiger partial charge in [-0.2, -0.15) is 23.3 Å². The van der Waals surface area contributed by atoms with Gasteiger partial charge in [-0.3, -0.25) is 9.48 Å². The predicted molar refractivity (Wildman–Crippen MR) is 112 cm³/mol. The van der Waals surface area contributed by atoms with Crippen molar-refractivity contribution in [2.45, 2.75) is 58.8 Å². The minimum absolute atomic E-state index is 0.0934. The molecule has 0 saturated heterocycles. The van der Waals surface area contributed by atoms with Crippen LogP contribution in [-0.4, -0.2) is 45.3 Å². The number of alkyl halides is 3. The topological polar surface area (TPSA) is 88.0 Å². The van der Waals surface area contributed by atoms with E-state index in [9.17, 15) is 18.0 Å². The van der Waals surface area contributed by atoms with E-state index < -0.39 is 11.9 Å². The average Bonchev–Trinajstić information content (AvgIpc) is 3.10. The van der Waals surface area contributed by atoms with E-state index in [1.54, 1.807) is 18.9 Å². The van der Waals surface area contributed by atoms with Crippen LogP contribution in [0, 0.1) is 12.8 Å². The Bertz CT molecular complexity index is 922. The van der Waals surface area contributed by atoms with Crippen LogP contribution in [0.4, 0.5) is 30.6 Å². The highest BCUT2D eigenvalue weighted by Gasteiger charge is 2.37. The lowest BCUT2D eigenvalue weighted by atomic mass is 9.80. The Morgan fingerprint density at radius 1 is 1.26 bits per heavy atom. The number of nitrogens with one attached hydrogen (secondary N) is 2. The first-order valence-electron chi connectivity index (χ1n) is 10.4. The van der Waals surface area contributed by atoms with E-state index in [2.05, 4.69) is 39.5 Å². The first-order chi connectivity index (χ1) is 14.6. The Hall–Kier alpha value is -2.85. The van der Waals surface area contributed by atoms with Crippen molar-refractivity contribution in [2.75, 3.05) is 29.1 Å². The maximum atomic E-state index is 12.9. The number of nitrogens with zero attached hydrogens (tertiary/aromatic N) is 5. The summed E-state index contributed by atoms with van der Waals surface area (Å²) in [6.07, 6.45) is -0.545. The molecule has 0 spiro atoms. The number of aromatic nitrogens is 4. The monoisotopic (exact) mass is 439 g/mol. The Morgan fingerprint density at radius 3 is 2.58 bits per heavy atom. The third kappa shape index (κ3) is 5.26. The van der Waals surface area contributed by atoms with Crippen LogP contribution in [0.5, 0.6) is 0 Å². The summed E-state index contributed by atoms with van der Waals surface area (Å²) in [5.41, 5.74) is 0.548. The van der Waals surface area contributed by atoms with E-state index in [1.807, 2.05) is 0 Å². The molecular formula is C20H28F3N7O. The third-order valence-corrected chi connectivity index (χ3v) is 5.08. The van der Waals surface area contributed by atoms with Gasteiger partial charge in [0.05, 0.1) is 12.2 Å². The Labute approximate surface area is 179 Å². The summed E-state index contributed by atoms with van der Waals surface area (Å²) < 4.78 is 39.8. The first-order valence-corrected chi connectivity index (χ1v) is 10.4. The molecule has 0 radical (unpaired) electrons. The van der Waals surface area contributed by atoms with E-state index in [0.717, 1.165) is 10.7 Å². The lowest BCUT2D eigenvalue weighted by molar-refractivity contribution is -0.144. The summed E-state index contributed by atoms with van der Waals surface area (Å²) in [5, 5.41) is 9.82. The van der Waals surface area contributed by atoms with Crippen LogP contribution >= 0.6 is 0 Å². The molecule has 4 rings (SSSR count). The van der Waals surface area contributed by atoms with Crippen molar-refractivity contribution in [3.8, 4) is 0 Å². The molecule has 2 aliphatic rings. The second-order valence-electron chi connectivity index (χ2n) is 8.02. The molecule has 3 heterocycles. The van der Waals surface area contributed by atoms with Gasteiger partial charge in [0, 0.05) is 25.8 Å². The van der Waals surface area contributed by atoms with Crippen LogP contribution in [0.25, 0.3) is 0 Å². The fourth-order valence-electron chi connectivity index (χ4n) is 3.66. The zero-order valence-electron chi connectivity index (χ0n) is 18.1. The van der Waals surface area contributed by atoms with E-state index in [-0.39, 0.29) is 31.0 Å². The van der Waals surface area contributed by atoms with E-state index in [4.69, 9.17) is 0 Å². The molecule has 170 valence electrons. The van der Waals surface area contributed by atoms with Gasteiger partial charge in [-0.25, -0.2) is 4.98 Å².